The summed E-state index contributed by atoms with van der Waals surface area (Å²) in [5, 5.41) is 8.55. The number of alkyl halides is 3. The topological polar surface area (TPSA) is 37.3 Å². The molecule has 0 heterocycles. The van der Waals surface area contributed by atoms with Crippen molar-refractivity contribution in [2.75, 3.05) is 0 Å². The molecule has 0 radical (unpaired) electrons. The van der Waals surface area contributed by atoms with Crippen LogP contribution in [-0.4, -0.2) is 17.3 Å². The second-order valence-electron chi connectivity index (χ2n) is 3.39. The van der Waals surface area contributed by atoms with E-state index in [1.165, 1.54) is 6.07 Å². The first-order valence-electron chi connectivity index (χ1n) is 4.44. The lowest BCUT2D eigenvalue weighted by Crippen LogP contribution is -2.23. The van der Waals surface area contributed by atoms with Crippen molar-refractivity contribution in [2.24, 2.45) is 0 Å². The molecular weight excluding hydrogens is 280 g/mol. The Bertz CT molecular complexity index is 412. The standard InChI is InChI=1S/C10H7Cl2F3O2/c11-6-1-5(2-7(12)3-6)8(4-9(16)17)10(13,14)15/h1-3,8H,4H2,(H,16,17). The summed E-state index contributed by atoms with van der Waals surface area (Å²) in [5.41, 5.74) is -0.252. The van der Waals surface area contributed by atoms with Crippen molar-refractivity contribution >= 4 is 29.2 Å². The highest BCUT2D eigenvalue weighted by atomic mass is 35.5. The minimum absolute atomic E-state index is 0.0344. The number of hydrogen-bond donors (Lipinski definition) is 1. The van der Waals surface area contributed by atoms with Gasteiger partial charge in [-0.25, -0.2) is 0 Å². The van der Waals surface area contributed by atoms with Gasteiger partial charge in [0.25, 0.3) is 0 Å². The second kappa shape index (κ2) is 5.14. The fraction of sp³-hybridized carbons (Fsp3) is 0.300. The third-order valence-electron chi connectivity index (χ3n) is 2.06. The molecule has 0 aromatic heterocycles. The highest BCUT2D eigenvalue weighted by Crippen LogP contribution is 2.39. The predicted octanol–water partition coefficient (Wildman–Crippen LogP) is 4.11. The lowest BCUT2D eigenvalue weighted by molar-refractivity contribution is -0.163. The van der Waals surface area contributed by atoms with Crippen molar-refractivity contribution < 1.29 is 23.1 Å². The number of rotatable bonds is 3. The fourth-order valence-corrected chi connectivity index (χ4v) is 1.92. The summed E-state index contributed by atoms with van der Waals surface area (Å²) in [6.07, 6.45) is -5.72. The van der Waals surface area contributed by atoms with Gasteiger partial charge in [-0.15, -0.1) is 0 Å². The van der Waals surface area contributed by atoms with Gasteiger partial charge in [0, 0.05) is 10.0 Å². The maximum atomic E-state index is 12.7. The van der Waals surface area contributed by atoms with E-state index in [1.54, 1.807) is 0 Å². The summed E-state index contributed by atoms with van der Waals surface area (Å²) in [6, 6.07) is 3.41. The minimum Gasteiger partial charge on any atom is -0.481 e. The van der Waals surface area contributed by atoms with Gasteiger partial charge in [-0.3, -0.25) is 4.79 Å². The number of aliphatic carboxylic acids is 1. The third kappa shape index (κ3) is 4.09. The molecule has 1 aromatic rings. The Hall–Kier alpha value is -0.940. The van der Waals surface area contributed by atoms with Gasteiger partial charge < -0.3 is 5.11 Å². The van der Waals surface area contributed by atoms with Crippen LogP contribution in [0.25, 0.3) is 0 Å². The van der Waals surface area contributed by atoms with Gasteiger partial charge in [-0.05, 0) is 23.8 Å². The van der Waals surface area contributed by atoms with Crippen LogP contribution in [0.2, 0.25) is 10.0 Å². The second-order valence-corrected chi connectivity index (χ2v) is 4.27. The zero-order valence-corrected chi connectivity index (χ0v) is 9.77. The molecule has 1 N–H and O–H groups in total. The van der Waals surface area contributed by atoms with Gasteiger partial charge in [0.1, 0.15) is 0 Å². The molecule has 94 valence electrons. The highest BCUT2D eigenvalue weighted by molar-refractivity contribution is 6.34. The van der Waals surface area contributed by atoms with Gasteiger partial charge in [-0.2, -0.15) is 13.2 Å². The Labute approximate surface area is 105 Å². The van der Waals surface area contributed by atoms with Crippen LogP contribution in [0.15, 0.2) is 18.2 Å². The normalized spacial score (nSPS) is 13.5. The summed E-state index contributed by atoms with van der Waals surface area (Å²) in [5.74, 6) is -3.65. The summed E-state index contributed by atoms with van der Waals surface area (Å²) in [4.78, 5) is 10.4. The highest BCUT2D eigenvalue weighted by Gasteiger charge is 2.42. The summed E-state index contributed by atoms with van der Waals surface area (Å²) in [6.45, 7) is 0. The molecule has 7 heteroatoms. The largest absolute Gasteiger partial charge is 0.481 e. The van der Waals surface area contributed by atoms with E-state index in [4.69, 9.17) is 28.3 Å². The Morgan fingerprint density at radius 3 is 2.06 bits per heavy atom. The van der Waals surface area contributed by atoms with Gasteiger partial charge in [0.2, 0.25) is 0 Å². The number of halogens is 5. The molecule has 17 heavy (non-hydrogen) atoms. The number of benzene rings is 1. The van der Waals surface area contributed by atoms with Crippen LogP contribution in [0.5, 0.6) is 0 Å². The molecule has 1 rings (SSSR count). The van der Waals surface area contributed by atoms with Crippen LogP contribution in [0, 0.1) is 0 Å². The smallest absolute Gasteiger partial charge is 0.396 e. The Morgan fingerprint density at radius 2 is 1.71 bits per heavy atom. The van der Waals surface area contributed by atoms with Crippen LogP contribution in [-0.2, 0) is 4.79 Å². The van der Waals surface area contributed by atoms with E-state index in [2.05, 4.69) is 0 Å². The van der Waals surface area contributed by atoms with Crippen molar-refractivity contribution in [3.8, 4) is 0 Å². The monoisotopic (exact) mass is 286 g/mol. The number of carboxylic acid groups (broad SMARTS) is 1. The van der Waals surface area contributed by atoms with E-state index in [-0.39, 0.29) is 15.6 Å². The van der Waals surface area contributed by atoms with E-state index in [1.807, 2.05) is 0 Å². The minimum atomic E-state index is -4.66. The molecule has 0 bridgehead atoms. The maximum Gasteiger partial charge on any atom is 0.396 e. The molecule has 0 saturated heterocycles. The average Bonchev–Trinajstić information content (AvgIpc) is 2.10. The lowest BCUT2D eigenvalue weighted by atomic mass is 9.95. The number of hydrogen-bond acceptors (Lipinski definition) is 1. The molecular formula is C10H7Cl2F3O2. The van der Waals surface area contributed by atoms with Gasteiger partial charge >= 0.3 is 12.1 Å². The first-order chi connectivity index (χ1) is 7.70. The molecule has 0 spiro atoms. The Kier molecular flexibility index (Phi) is 4.27. The van der Waals surface area contributed by atoms with Crippen molar-refractivity contribution in [2.45, 2.75) is 18.5 Å². The molecule has 1 atom stereocenters. The molecule has 0 aliphatic rings. The first kappa shape index (κ1) is 14.1. The molecule has 1 unspecified atom stereocenters. The van der Waals surface area contributed by atoms with Crippen molar-refractivity contribution in [1.29, 1.82) is 0 Å². The van der Waals surface area contributed by atoms with Crippen LogP contribution in [0.4, 0.5) is 13.2 Å². The van der Waals surface area contributed by atoms with E-state index in [9.17, 15) is 18.0 Å². The Balaban J connectivity index is 3.17. The quantitative estimate of drug-likeness (QED) is 0.908. The van der Waals surface area contributed by atoms with Crippen LogP contribution in [0.3, 0.4) is 0 Å². The summed E-state index contributed by atoms with van der Waals surface area (Å²) >= 11 is 11.2. The van der Waals surface area contributed by atoms with Crippen LogP contribution >= 0.6 is 23.2 Å². The van der Waals surface area contributed by atoms with Crippen molar-refractivity contribution in [3.63, 3.8) is 0 Å². The van der Waals surface area contributed by atoms with Gasteiger partial charge in [-0.1, -0.05) is 23.2 Å². The zero-order valence-electron chi connectivity index (χ0n) is 8.26. The molecule has 0 saturated carbocycles. The molecule has 1 aromatic carbocycles. The van der Waals surface area contributed by atoms with Crippen LogP contribution < -0.4 is 0 Å². The van der Waals surface area contributed by atoms with Crippen molar-refractivity contribution in [1.82, 2.24) is 0 Å². The number of carboxylic acids is 1. The SMILES string of the molecule is O=C(O)CC(c1cc(Cl)cc(Cl)c1)C(F)(F)F. The molecule has 0 aliphatic carbocycles. The summed E-state index contributed by atoms with van der Waals surface area (Å²) in [7, 11) is 0. The molecule has 0 amide bonds. The van der Waals surface area contributed by atoms with E-state index in [0.29, 0.717) is 0 Å². The van der Waals surface area contributed by atoms with Gasteiger partial charge in [0.05, 0.1) is 12.3 Å². The lowest BCUT2D eigenvalue weighted by Gasteiger charge is -2.19. The molecule has 0 aliphatic heterocycles. The maximum absolute atomic E-state index is 12.7. The predicted molar refractivity (Wildman–Crippen MR) is 57.5 cm³/mol. The first-order valence-corrected chi connectivity index (χ1v) is 5.20. The molecule has 2 nitrogen and oxygen atoms in total. The Morgan fingerprint density at radius 1 is 1.24 bits per heavy atom. The zero-order chi connectivity index (χ0) is 13.2. The van der Waals surface area contributed by atoms with Crippen molar-refractivity contribution in [3.05, 3.63) is 33.8 Å². The number of carbonyl (C=O) groups is 1. The fourth-order valence-electron chi connectivity index (χ4n) is 1.37. The van der Waals surface area contributed by atoms with E-state index in [0.717, 1.165) is 12.1 Å². The van der Waals surface area contributed by atoms with E-state index >= 15 is 0 Å². The van der Waals surface area contributed by atoms with Gasteiger partial charge in [0.15, 0.2) is 0 Å². The van der Waals surface area contributed by atoms with E-state index < -0.39 is 24.5 Å². The average molecular weight is 287 g/mol. The third-order valence-corrected chi connectivity index (χ3v) is 2.50. The van der Waals surface area contributed by atoms with Crippen LogP contribution in [0.1, 0.15) is 17.9 Å². The summed E-state index contributed by atoms with van der Waals surface area (Å²) < 4.78 is 38.0. The molecule has 0 fully saturated rings.